The van der Waals surface area contributed by atoms with Crippen molar-refractivity contribution in [1.29, 1.82) is 0 Å². The number of hydrogen-bond donors (Lipinski definition) is 2. The number of anilines is 2. The number of hydrogen-bond acceptors (Lipinski definition) is 7. The van der Waals surface area contributed by atoms with E-state index in [4.69, 9.17) is 5.73 Å². The molecule has 8 heteroatoms. The van der Waals surface area contributed by atoms with Crippen molar-refractivity contribution in [2.75, 3.05) is 11.1 Å². The summed E-state index contributed by atoms with van der Waals surface area (Å²) in [5, 5.41) is 3.30. The highest BCUT2D eigenvalue weighted by Gasteiger charge is 2.13. The number of nitrogens with two attached hydrogens (primary N) is 1. The molecule has 0 saturated heterocycles. The normalized spacial score (nSPS) is 11.2. The second-order valence-electron chi connectivity index (χ2n) is 6.50. The maximum Gasteiger partial charge on any atom is 0.224 e. The van der Waals surface area contributed by atoms with E-state index in [1.807, 2.05) is 35.0 Å². The highest BCUT2D eigenvalue weighted by molar-refractivity contribution is 5.84. The largest absolute Gasteiger partial charge is 0.368 e. The van der Waals surface area contributed by atoms with E-state index in [1.54, 1.807) is 18.7 Å². The Labute approximate surface area is 156 Å². The van der Waals surface area contributed by atoms with Crippen LogP contribution in [0.25, 0.3) is 22.4 Å². The highest BCUT2D eigenvalue weighted by atomic mass is 15.2. The van der Waals surface area contributed by atoms with Gasteiger partial charge in [0.15, 0.2) is 17.0 Å². The number of nitrogens with one attached hydrogen (secondary N) is 1. The summed E-state index contributed by atoms with van der Waals surface area (Å²) < 4.78 is 1.97. The van der Waals surface area contributed by atoms with Gasteiger partial charge < -0.3 is 15.6 Å². The molecular formula is C19H20N8. The molecule has 0 saturated carbocycles. The molecule has 0 spiro atoms. The van der Waals surface area contributed by atoms with Crippen LogP contribution in [0.2, 0.25) is 0 Å². The van der Waals surface area contributed by atoms with Gasteiger partial charge in [-0.15, -0.1) is 0 Å². The van der Waals surface area contributed by atoms with Gasteiger partial charge in [-0.3, -0.25) is 9.97 Å². The van der Waals surface area contributed by atoms with Crippen LogP contribution in [0, 0.1) is 0 Å². The number of imidazole rings is 1. The molecule has 4 heterocycles. The molecule has 0 amide bonds. The third-order valence-electron chi connectivity index (χ3n) is 4.24. The van der Waals surface area contributed by atoms with E-state index in [-0.39, 0.29) is 12.0 Å². The first kappa shape index (κ1) is 16.9. The molecule has 0 atom stereocenters. The summed E-state index contributed by atoms with van der Waals surface area (Å²) >= 11 is 0. The Bertz CT molecular complexity index is 1050. The molecule has 0 radical (unpaired) electrons. The van der Waals surface area contributed by atoms with E-state index in [0.29, 0.717) is 17.9 Å². The second-order valence-corrected chi connectivity index (χ2v) is 6.50. The molecule has 0 unspecified atom stereocenters. The van der Waals surface area contributed by atoms with Gasteiger partial charge in [0.2, 0.25) is 5.95 Å². The van der Waals surface area contributed by atoms with E-state index in [2.05, 4.69) is 44.1 Å². The summed E-state index contributed by atoms with van der Waals surface area (Å²) in [4.78, 5) is 21.7. The highest BCUT2D eigenvalue weighted by Crippen LogP contribution is 2.23. The van der Waals surface area contributed by atoms with Gasteiger partial charge in [-0.05, 0) is 37.6 Å². The Kier molecular flexibility index (Phi) is 4.37. The van der Waals surface area contributed by atoms with Crippen molar-refractivity contribution in [2.24, 2.45) is 0 Å². The lowest BCUT2D eigenvalue weighted by atomic mass is 10.1. The van der Waals surface area contributed by atoms with Gasteiger partial charge in [-0.25, -0.2) is 4.98 Å². The SMILES string of the molecule is CC(C)n1cnc2c(NCc3ccc(-c4cccnc4)nc3)nc(N)nc21. The van der Waals surface area contributed by atoms with Crippen LogP contribution in [-0.2, 0) is 6.54 Å². The number of pyridine rings is 2. The van der Waals surface area contributed by atoms with Crippen molar-refractivity contribution < 1.29 is 0 Å². The summed E-state index contributed by atoms with van der Waals surface area (Å²) in [6, 6.07) is 8.12. The molecule has 136 valence electrons. The molecule has 8 nitrogen and oxygen atoms in total. The fourth-order valence-electron chi connectivity index (χ4n) is 2.83. The van der Waals surface area contributed by atoms with Crippen LogP contribution >= 0.6 is 0 Å². The number of aromatic nitrogens is 6. The average molecular weight is 360 g/mol. The van der Waals surface area contributed by atoms with Crippen molar-refractivity contribution in [3.63, 3.8) is 0 Å². The molecule has 0 fully saturated rings. The van der Waals surface area contributed by atoms with Crippen molar-refractivity contribution in [1.82, 2.24) is 29.5 Å². The van der Waals surface area contributed by atoms with E-state index in [1.165, 1.54) is 0 Å². The summed E-state index contributed by atoms with van der Waals surface area (Å²) in [5.41, 5.74) is 10.2. The van der Waals surface area contributed by atoms with Crippen molar-refractivity contribution in [3.8, 4) is 11.3 Å². The maximum atomic E-state index is 5.88. The van der Waals surface area contributed by atoms with Gasteiger partial charge in [0.1, 0.15) is 0 Å². The summed E-state index contributed by atoms with van der Waals surface area (Å²) in [5.74, 6) is 0.839. The molecule has 0 aliphatic carbocycles. The monoisotopic (exact) mass is 360 g/mol. The number of nitrogen functional groups attached to an aromatic ring is 1. The zero-order valence-electron chi connectivity index (χ0n) is 15.2. The minimum Gasteiger partial charge on any atom is -0.368 e. The van der Waals surface area contributed by atoms with Crippen molar-refractivity contribution >= 4 is 22.9 Å². The van der Waals surface area contributed by atoms with Crippen LogP contribution in [0.5, 0.6) is 0 Å². The first-order chi connectivity index (χ1) is 13.1. The lowest BCUT2D eigenvalue weighted by molar-refractivity contribution is 0.613. The Morgan fingerprint density at radius 1 is 1.11 bits per heavy atom. The van der Waals surface area contributed by atoms with Crippen LogP contribution in [-0.4, -0.2) is 29.5 Å². The van der Waals surface area contributed by atoms with Crippen molar-refractivity contribution in [3.05, 3.63) is 54.7 Å². The van der Waals surface area contributed by atoms with Gasteiger partial charge >= 0.3 is 0 Å². The molecule has 0 aliphatic rings. The summed E-state index contributed by atoms with van der Waals surface area (Å²) in [6.07, 6.45) is 7.14. The van der Waals surface area contributed by atoms with Gasteiger partial charge in [-0.2, -0.15) is 9.97 Å². The second kappa shape index (κ2) is 6.99. The fourth-order valence-corrected chi connectivity index (χ4v) is 2.83. The van der Waals surface area contributed by atoms with Crippen LogP contribution in [0.15, 0.2) is 49.2 Å². The molecule has 3 N–H and O–H groups in total. The topological polar surface area (TPSA) is 107 Å². The zero-order chi connectivity index (χ0) is 18.8. The molecule has 0 bridgehead atoms. The lowest BCUT2D eigenvalue weighted by Gasteiger charge is -2.10. The standard InChI is InChI=1S/C19H20N8/c1-12(2)27-11-24-16-17(25-19(20)26-18(16)27)23-9-13-5-6-15(22-8-13)14-4-3-7-21-10-14/h3-8,10-12H,9H2,1-2H3,(H3,20,23,25,26). The smallest absolute Gasteiger partial charge is 0.224 e. The summed E-state index contributed by atoms with van der Waals surface area (Å²) in [7, 11) is 0. The van der Waals surface area contributed by atoms with E-state index in [9.17, 15) is 0 Å². The quantitative estimate of drug-likeness (QED) is 0.563. The van der Waals surface area contributed by atoms with E-state index < -0.39 is 0 Å². The zero-order valence-corrected chi connectivity index (χ0v) is 15.2. The number of nitrogens with zero attached hydrogens (tertiary/aromatic N) is 6. The molecular weight excluding hydrogens is 340 g/mol. The van der Waals surface area contributed by atoms with Crippen LogP contribution in [0.1, 0.15) is 25.5 Å². The van der Waals surface area contributed by atoms with Crippen molar-refractivity contribution in [2.45, 2.75) is 26.4 Å². The first-order valence-corrected chi connectivity index (χ1v) is 8.71. The maximum absolute atomic E-state index is 5.88. The van der Waals surface area contributed by atoms with Gasteiger partial charge in [-0.1, -0.05) is 6.07 Å². The predicted octanol–water partition coefficient (Wildman–Crippen LogP) is 3.06. The van der Waals surface area contributed by atoms with Crippen LogP contribution in [0.4, 0.5) is 11.8 Å². The number of rotatable bonds is 5. The van der Waals surface area contributed by atoms with Gasteiger partial charge in [0, 0.05) is 36.7 Å². The Morgan fingerprint density at radius 2 is 2.00 bits per heavy atom. The Hall–Kier alpha value is -3.55. The van der Waals surface area contributed by atoms with E-state index >= 15 is 0 Å². The Balaban J connectivity index is 1.55. The van der Waals surface area contributed by atoms with Gasteiger partial charge in [0.05, 0.1) is 12.0 Å². The molecule has 4 rings (SSSR count). The molecule has 4 aromatic rings. The predicted molar refractivity (Wildman–Crippen MR) is 105 cm³/mol. The number of fused-ring (bicyclic) bond motifs is 1. The lowest BCUT2D eigenvalue weighted by Crippen LogP contribution is -2.07. The van der Waals surface area contributed by atoms with Gasteiger partial charge in [0.25, 0.3) is 0 Å². The molecule has 4 aromatic heterocycles. The first-order valence-electron chi connectivity index (χ1n) is 8.71. The minimum atomic E-state index is 0.220. The molecule has 27 heavy (non-hydrogen) atoms. The van der Waals surface area contributed by atoms with Crippen LogP contribution < -0.4 is 11.1 Å². The third-order valence-corrected chi connectivity index (χ3v) is 4.24. The van der Waals surface area contributed by atoms with E-state index in [0.717, 1.165) is 22.5 Å². The van der Waals surface area contributed by atoms with Crippen LogP contribution in [0.3, 0.4) is 0 Å². The average Bonchev–Trinajstić information content (AvgIpc) is 3.11. The Morgan fingerprint density at radius 3 is 2.70 bits per heavy atom. The molecule has 0 aliphatic heterocycles. The third kappa shape index (κ3) is 3.41. The minimum absolute atomic E-state index is 0.220. The summed E-state index contributed by atoms with van der Waals surface area (Å²) in [6.45, 7) is 4.70. The molecule has 0 aromatic carbocycles. The fraction of sp³-hybridized carbons (Fsp3) is 0.211.